The van der Waals surface area contributed by atoms with Crippen LogP contribution in [-0.4, -0.2) is 18.3 Å². The average Bonchev–Trinajstić information content (AvgIpc) is 2.43. The van der Waals surface area contributed by atoms with Crippen LogP contribution in [0.15, 0.2) is 0 Å². The lowest BCUT2D eigenvalue weighted by Gasteiger charge is -1.85. The van der Waals surface area contributed by atoms with E-state index in [-0.39, 0.29) is 0 Å². The minimum atomic E-state index is 0.335. The minimum Gasteiger partial charge on any atom is -0.396 e. The lowest BCUT2D eigenvalue weighted by Crippen LogP contribution is -2.03. The molecule has 0 amide bonds. The molecule has 0 spiro atoms. The van der Waals surface area contributed by atoms with Crippen molar-refractivity contribution in [3.8, 4) is 0 Å². The van der Waals surface area contributed by atoms with Gasteiger partial charge in [-0.25, -0.2) is 0 Å². The van der Waals surface area contributed by atoms with Gasteiger partial charge in [0.1, 0.15) is 0 Å². The topological polar surface area (TPSA) is 46.2 Å². The van der Waals surface area contributed by atoms with Crippen LogP contribution in [0.5, 0.6) is 0 Å². The first-order chi connectivity index (χ1) is 3.38. The third-order valence-electron chi connectivity index (χ3n) is 1.61. The third kappa shape index (κ3) is 0.924. The Hall–Kier alpha value is -0.0800. The van der Waals surface area contributed by atoms with E-state index in [9.17, 15) is 0 Å². The summed E-state index contributed by atoms with van der Waals surface area (Å²) in [6, 6.07) is 0. The Morgan fingerprint density at radius 1 is 1.57 bits per heavy atom. The van der Waals surface area contributed by atoms with Crippen molar-refractivity contribution in [1.82, 2.24) is 0 Å². The summed E-state index contributed by atoms with van der Waals surface area (Å²) in [6.07, 6.45) is 1.15. The quantitative estimate of drug-likeness (QED) is 0.496. The summed E-state index contributed by atoms with van der Waals surface area (Å²) in [5.41, 5.74) is 5.29. The predicted octanol–water partition coefficient (Wildman–Crippen LogP) is -0.426. The second-order valence-electron chi connectivity index (χ2n) is 2.17. The summed E-state index contributed by atoms with van der Waals surface area (Å²) in [5, 5.41) is 8.45. The second-order valence-corrected chi connectivity index (χ2v) is 2.17. The molecule has 0 heterocycles. The van der Waals surface area contributed by atoms with Gasteiger partial charge in [-0.15, -0.1) is 0 Å². The molecule has 0 unspecified atom stereocenters. The van der Waals surface area contributed by atoms with E-state index in [1.807, 2.05) is 0 Å². The molecule has 1 aliphatic carbocycles. The number of rotatable bonds is 2. The molecule has 0 aliphatic heterocycles. The first-order valence-electron chi connectivity index (χ1n) is 2.69. The normalized spacial score (nSPS) is 38.6. The van der Waals surface area contributed by atoms with E-state index >= 15 is 0 Å². The van der Waals surface area contributed by atoms with Crippen molar-refractivity contribution in [2.75, 3.05) is 13.2 Å². The van der Waals surface area contributed by atoms with Gasteiger partial charge in [-0.1, -0.05) is 0 Å². The van der Waals surface area contributed by atoms with E-state index in [2.05, 4.69) is 0 Å². The van der Waals surface area contributed by atoms with E-state index in [0.717, 1.165) is 13.0 Å². The molecule has 1 rings (SSSR count). The molecule has 1 saturated carbocycles. The fraction of sp³-hybridized carbons (Fsp3) is 1.00. The molecular formula is C5H11NO. The average molecular weight is 101 g/mol. The number of hydrogen-bond donors (Lipinski definition) is 2. The molecule has 0 aromatic carbocycles. The first-order valence-corrected chi connectivity index (χ1v) is 2.69. The Kier molecular flexibility index (Phi) is 1.30. The highest BCUT2D eigenvalue weighted by molar-refractivity contribution is 4.85. The van der Waals surface area contributed by atoms with Crippen molar-refractivity contribution in [2.24, 2.45) is 17.6 Å². The van der Waals surface area contributed by atoms with Crippen LogP contribution in [0.25, 0.3) is 0 Å². The van der Waals surface area contributed by atoms with E-state index in [4.69, 9.17) is 10.8 Å². The van der Waals surface area contributed by atoms with Crippen LogP contribution in [0, 0.1) is 11.8 Å². The zero-order valence-corrected chi connectivity index (χ0v) is 4.30. The highest BCUT2D eigenvalue weighted by Gasteiger charge is 2.34. The van der Waals surface area contributed by atoms with Crippen LogP contribution in [0.3, 0.4) is 0 Å². The van der Waals surface area contributed by atoms with Gasteiger partial charge < -0.3 is 10.8 Å². The fourth-order valence-electron chi connectivity index (χ4n) is 0.823. The van der Waals surface area contributed by atoms with Crippen LogP contribution in [0.4, 0.5) is 0 Å². The highest BCUT2D eigenvalue weighted by atomic mass is 16.3. The Morgan fingerprint density at radius 2 is 2.29 bits per heavy atom. The van der Waals surface area contributed by atoms with Crippen LogP contribution >= 0.6 is 0 Å². The van der Waals surface area contributed by atoms with Gasteiger partial charge in [-0.05, 0) is 24.8 Å². The van der Waals surface area contributed by atoms with Crippen LogP contribution in [-0.2, 0) is 0 Å². The van der Waals surface area contributed by atoms with Crippen LogP contribution < -0.4 is 5.73 Å². The molecule has 2 atom stereocenters. The van der Waals surface area contributed by atoms with E-state index in [0.29, 0.717) is 18.4 Å². The van der Waals surface area contributed by atoms with Crippen LogP contribution in [0.1, 0.15) is 6.42 Å². The summed E-state index contributed by atoms with van der Waals surface area (Å²) in [4.78, 5) is 0. The van der Waals surface area contributed by atoms with Gasteiger partial charge in [-0.3, -0.25) is 0 Å². The second kappa shape index (κ2) is 1.80. The maximum atomic E-state index is 8.45. The molecule has 3 N–H and O–H groups in total. The molecule has 0 bridgehead atoms. The van der Waals surface area contributed by atoms with E-state index < -0.39 is 0 Å². The monoisotopic (exact) mass is 101 g/mol. The largest absolute Gasteiger partial charge is 0.396 e. The zero-order chi connectivity index (χ0) is 5.28. The molecule has 1 aliphatic rings. The molecule has 0 saturated heterocycles. The Morgan fingerprint density at radius 3 is 2.43 bits per heavy atom. The predicted molar refractivity (Wildman–Crippen MR) is 27.7 cm³/mol. The Labute approximate surface area is 43.3 Å². The van der Waals surface area contributed by atoms with Gasteiger partial charge in [0.25, 0.3) is 0 Å². The van der Waals surface area contributed by atoms with Gasteiger partial charge in [0.2, 0.25) is 0 Å². The van der Waals surface area contributed by atoms with Crippen molar-refractivity contribution in [3.63, 3.8) is 0 Å². The molecule has 7 heavy (non-hydrogen) atoms. The standard InChI is InChI=1S/C5H11NO/c6-2-4-1-5(4)3-7/h4-5,7H,1-3,6H2/t4-,5-/m1/s1. The summed E-state index contributed by atoms with van der Waals surface area (Å²) < 4.78 is 0. The SMILES string of the molecule is NC[C@H]1C[C@@H]1CO. The Balaban J connectivity index is 2.06. The highest BCUT2D eigenvalue weighted by Crippen LogP contribution is 2.36. The fourth-order valence-corrected chi connectivity index (χ4v) is 0.823. The van der Waals surface area contributed by atoms with Crippen LogP contribution in [0.2, 0.25) is 0 Å². The molecule has 0 aromatic heterocycles. The van der Waals surface area contributed by atoms with Gasteiger partial charge in [0.15, 0.2) is 0 Å². The van der Waals surface area contributed by atoms with Crippen molar-refractivity contribution in [3.05, 3.63) is 0 Å². The molecule has 42 valence electrons. The lowest BCUT2D eigenvalue weighted by molar-refractivity contribution is 0.269. The third-order valence-corrected chi connectivity index (χ3v) is 1.61. The van der Waals surface area contributed by atoms with E-state index in [1.54, 1.807) is 0 Å². The molecule has 2 nitrogen and oxygen atoms in total. The lowest BCUT2D eigenvalue weighted by atomic mass is 10.3. The van der Waals surface area contributed by atoms with Crippen molar-refractivity contribution < 1.29 is 5.11 Å². The maximum Gasteiger partial charge on any atom is 0.0462 e. The first kappa shape index (κ1) is 5.06. The van der Waals surface area contributed by atoms with Gasteiger partial charge >= 0.3 is 0 Å². The summed E-state index contributed by atoms with van der Waals surface area (Å²) in [6.45, 7) is 1.09. The number of aliphatic hydroxyl groups excluding tert-OH is 1. The molecule has 0 radical (unpaired) electrons. The molecule has 0 aromatic rings. The van der Waals surface area contributed by atoms with E-state index in [1.165, 1.54) is 0 Å². The molecule has 2 heteroatoms. The van der Waals surface area contributed by atoms with Gasteiger partial charge in [0.05, 0.1) is 0 Å². The van der Waals surface area contributed by atoms with Crippen molar-refractivity contribution in [2.45, 2.75) is 6.42 Å². The molecular weight excluding hydrogens is 90.1 g/mol. The number of nitrogens with two attached hydrogens (primary N) is 1. The number of hydrogen-bond acceptors (Lipinski definition) is 2. The minimum absolute atomic E-state index is 0.335. The summed E-state index contributed by atoms with van der Waals surface area (Å²) in [5.74, 6) is 1.19. The van der Waals surface area contributed by atoms with Gasteiger partial charge in [0, 0.05) is 6.61 Å². The zero-order valence-electron chi connectivity index (χ0n) is 4.30. The maximum absolute atomic E-state index is 8.45. The van der Waals surface area contributed by atoms with Crippen molar-refractivity contribution in [1.29, 1.82) is 0 Å². The summed E-state index contributed by atoms with van der Waals surface area (Å²) in [7, 11) is 0. The summed E-state index contributed by atoms with van der Waals surface area (Å²) >= 11 is 0. The Bertz CT molecular complexity index is 57.1. The molecule has 1 fully saturated rings. The van der Waals surface area contributed by atoms with Crippen molar-refractivity contribution >= 4 is 0 Å². The smallest absolute Gasteiger partial charge is 0.0462 e. The van der Waals surface area contributed by atoms with Gasteiger partial charge in [-0.2, -0.15) is 0 Å². The number of aliphatic hydroxyl groups is 1.